The van der Waals surface area contributed by atoms with Crippen molar-refractivity contribution in [3.63, 3.8) is 0 Å². The highest BCUT2D eigenvalue weighted by Crippen LogP contribution is 2.34. The molecule has 0 spiro atoms. The van der Waals surface area contributed by atoms with Crippen LogP contribution < -0.4 is 4.72 Å². The van der Waals surface area contributed by atoms with Gasteiger partial charge in [-0.3, -0.25) is 0 Å². The topological polar surface area (TPSA) is 46.2 Å². The van der Waals surface area contributed by atoms with E-state index in [1.807, 2.05) is 6.92 Å². The molecule has 22 heavy (non-hydrogen) atoms. The maximum Gasteiger partial charge on any atom is 0.416 e. The third kappa shape index (κ3) is 3.94. The van der Waals surface area contributed by atoms with Crippen LogP contribution in [-0.2, 0) is 16.2 Å². The predicted octanol–water partition coefficient (Wildman–Crippen LogP) is 4.22. The van der Waals surface area contributed by atoms with Gasteiger partial charge in [0.05, 0.1) is 10.6 Å². The summed E-state index contributed by atoms with van der Waals surface area (Å²) in [6.07, 6.45) is -1.12. The number of benzene rings is 1. The van der Waals surface area contributed by atoms with Crippen LogP contribution in [0.2, 0.25) is 5.02 Å². The van der Waals surface area contributed by atoms with Gasteiger partial charge in [0.1, 0.15) is 4.90 Å². The average molecular weight is 356 g/mol. The highest BCUT2D eigenvalue weighted by Gasteiger charge is 2.34. The van der Waals surface area contributed by atoms with Crippen molar-refractivity contribution in [3.05, 3.63) is 28.8 Å². The maximum absolute atomic E-state index is 12.8. The van der Waals surface area contributed by atoms with Gasteiger partial charge in [-0.05, 0) is 37.0 Å². The zero-order valence-electron chi connectivity index (χ0n) is 12.0. The van der Waals surface area contributed by atoms with Gasteiger partial charge in [0.2, 0.25) is 10.0 Å². The smallest absolute Gasteiger partial charge is 0.208 e. The molecule has 0 saturated heterocycles. The van der Waals surface area contributed by atoms with Crippen LogP contribution in [0.3, 0.4) is 0 Å². The quantitative estimate of drug-likeness (QED) is 0.882. The van der Waals surface area contributed by atoms with E-state index in [4.69, 9.17) is 11.6 Å². The van der Waals surface area contributed by atoms with Crippen molar-refractivity contribution in [2.75, 3.05) is 0 Å². The fourth-order valence-electron chi connectivity index (χ4n) is 2.64. The Hall–Kier alpha value is -0.790. The standard InChI is InChI=1S/C14H17ClF3NO2S/c1-9-4-2-3-5-12(9)19-22(20,21)13-8-10(14(16,17)18)6-7-11(13)15/h6-9,12,19H,2-5H2,1H3/t9-,12-/m0/s1. The second-order valence-corrected chi connectivity index (χ2v) is 7.72. The molecule has 8 heteroatoms. The Morgan fingerprint density at radius 2 is 1.86 bits per heavy atom. The fourth-order valence-corrected chi connectivity index (χ4v) is 4.54. The minimum Gasteiger partial charge on any atom is -0.208 e. The first-order chi connectivity index (χ1) is 10.1. The molecule has 0 bridgehead atoms. The second kappa shape index (κ2) is 6.37. The molecule has 1 saturated carbocycles. The molecular weight excluding hydrogens is 339 g/mol. The van der Waals surface area contributed by atoms with E-state index in [-0.39, 0.29) is 17.0 Å². The van der Waals surface area contributed by atoms with Crippen LogP contribution in [0.15, 0.2) is 23.1 Å². The number of sulfonamides is 1. The number of rotatable bonds is 3. The molecule has 0 amide bonds. The summed E-state index contributed by atoms with van der Waals surface area (Å²) >= 11 is 5.80. The molecule has 2 atom stereocenters. The lowest BCUT2D eigenvalue weighted by Crippen LogP contribution is -2.41. The summed E-state index contributed by atoms with van der Waals surface area (Å²) in [5.41, 5.74) is -1.03. The summed E-state index contributed by atoms with van der Waals surface area (Å²) in [6, 6.07) is 2.04. The van der Waals surface area contributed by atoms with E-state index in [1.165, 1.54) is 0 Å². The maximum atomic E-state index is 12.8. The van der Waals surface area contributed by atoms with E-state index < -0.39 is 26.7 Å². The molecule has 2 rings (SSSR count). The Kier molecular flexibility index (Phi) is 5.09. The molecule has 0 aliphatic heterocycles. The van der Waals surface area contributed by atoms with Gasteiger partial charge in [-0.2, -0.15) is 13.2 Å². The van der Waals surface area contributed by atoms with Crippen LogP contribution in [0.4, 0.5) is 13.2 Å². The van der Waals surface area contributed by atoms with Gasteiger partial charge in [-0.15, -0.1) is 0 Å². The first-order valence-corrected chi connectivity index (χ1v) is 8.86. The fraction of sp³-hybridized carbons (Fsp3) is 0.571. The van der Waals surface area contributed by atoms with E-state index in [0.717, 1.165) is 31.4 Å². The first-order valence-electron chi connectivity index (χ1n) is 7.00. The minimum absolute atomic E-state index is 0.146. The van der Waals surface area contributed by atoms with Crippen molar-refractivity contribution < 1.29 is 21.6 Å². The SMILES string of the molecule is C[C@H]1CCCC[C@@H]1NS(=O)(=O)c1cc(C(F)(F)F)ccc1Cl. The van der Waals surface area contributed by atoms with Crippen LogP contribution >= 0.6 is 11.6 Å². The summed E-state index contributed by atoms with van der Waals surface area (Å²) in [4.78, 5) is -0.526. The lowest BCUT2D eigenvalue weighted by molar-refractivity contribution is -0.137. The van der Waals surface area contributed by atoms with Crippen molar-refractivity contribution in [2.45, 2.75) is 49.7 Å². The third-order valence-electron chi connectivity index (χ3n) is 3.97. The molecule has 0 aromatic heterocycles. The van der Waals surface area contributed by atoms with Gasteiger partial charge in [0, 0.05) is 6.04 Å². The number of nitrogens with one attached hydrogen (secondary N) is 1. The van der Waals surface area contributed by atoms with Gasteiger partial charge in [0.25, 0.3) is 0 Å². The molecule has 1 fully saturated rings. The first kappa shape index (κ1) is 17.6. The van der Waals surface area contributed by atoms with Gasteiger partial charge < -0.3 is 0 Å². The van der Waals surface area contributed by atoms with Crippen LogP contribution in [0.25, 0.3) is 0 Å². The molecule has 1 aromatic carbocycles. The minimum atomic E-state index is -4.62. The van der Waals surface area contributed by atoms with Crippen molar-refractivity contribution in [1.82, 2.24) is 4.72 Å². The molecule has 0 radical (unpaired) electrons. The molecule has 1 N–H and O–H groups in total. The largest absolute Gasteiger partial charge is 0.416 e. The van der Waals surface area contributed by atoms with Crippen LogP contribution in [0.5, 0.6) is 0 Å². The summed E-state index contributed by atoms with van der Waals surface area (Å²) in [6.45, 7) is 1.93. The van der Waals surface area contributed by atoms with Crippen molar-refractivity contribution in [3.8, 4) is 0 Å². The highest BCUT2D eigenvalue weighted by molar-refractivity contribution is 7.89. The number of halogens is 4. The molecular formula is C14H17ClF3NO2S. The van der Waals surface area contributed by atoms with Gasteiger partial charge in [-0.1, -0.05) is 31.4 Å². The normalized spacial score (nSPS) is 23.5. The summed E-state index contributed by atoms with van der Waals surface area (Å²) in [7, 11) is -4.09. The Balaban J connectivity index is 2.32. The molecule has 124 valence electrons. The van der Waals surface area contributed by atoms with Crippen LogP contribution in [0.1, 0.15) is 38.2 Å². The van der Waals surface area contributed by atoms with Crippen molar-refractivity contribution >= 4 is 21.6 Å². The van der Waals surface area contributed by atoms with Crippen LogP contribution in [-0.4, -0.2) is 14.5 Å². The molecule has 1 aromatic rings. The van der Waals surface area contributed by atoms with E-state index in [9.17, 15) is 21.6 Å². The van der Waals surface area contributed by atoms with Gasteiger partial charge >= 0.3 is 6.18 Å². The lowest BCUT2D eigenvalue weighted by Gasteiger charge is -2.29. The number of hydrogen-bond acceptors (Lipinski definition) is 2. The number of hydrogen-bond donors (Lipinski definition) is 1. The molecule has 1 aliphatic rings. The lowest BCUT2D eigenvalue weighted by atomic mass is 9.87. The Bertz CT molecular complexity index is 646. The Morgan fingerprint density at radius 3 is 2.45 bits per heavy atom. The average Bonchev–Trinajstić information content (AvgIpc) is 2.40. The molecule has 1 aliphatic carbocycles. The zero-order valence-corrected chi connectivity index (χ0v) is 13.5. The van der Waals surface area contributed by atoms with Gasteiger partial charge in [0.15, 0.2) is 0 Å². The van der Waals surface area contributed by atoms with Crippen molar-refractivity contribution in [1.29, 1.82) is 0 Å². The zero-order chi connectivity index (χ0) is 16.5. The second-order valence-electron chi connectivity index (χ2n) is 5.63. The predicted molar refractivity (Wildman–Crippen MR) is 78.2 cm³/mol. The highest BCUT2D eigenvalue weighted by atomic mass is 35.5. The molecule has 0 unspecified atom stereocenters. The van der Waals surface area contributed by atoms with E-state index in [0.29, 0.717) is 12.5 Å². The monoisotopic (exact) mass is 355 g/mol. The van der Waals surface area contributed by atoms with E-state index in [1.54, 1.807) is 0 Å². The summed E-state index contributed by atoms with van der Waals surface area (Å²) in [5, 5.41) is -0.219. The Morgan fingerprint density at radius 1 is 1.23 bits per heavy atom. The van der Waals surface area contributed by atoms with E-state index >= 15 is 0 Å². The Labute approximate surface area is 132 Å². The van der Waals surface area contributed by atoms with E-state index in [2.05, 4.69) is 4.72 Å². The molecule has 3 nitrogen and oxygen atoms in total. The summed E-state index contributed by atoms with van der Waals surface area (Å²) in [5.74, 6) is 0.146. The van der Waals surface area contributed by atoms with Gasteiger partial charge in [-0.25, -0.2) is 13.1 Å². The van der Waals surface area contributed by atoms with Crippen molar-refractivity contribution in [2.24, 2.45) is 5.92 Å². The summed E-state index contributed by atoms with van der Waals surface area (Å²) < 4.78 is 65.5. The third-order valence-corrected chi connectivity index (χ3v) is 5.94. The number of alkyl halides is 3. The molecule has 0 heterocycles. The van der Waals surface area contributed by atoms with Crippen LogP contribution in [0, 0.1) is 5.92 Å².